The van der Waals surface area contributed by atoms with E-state index in [0.717, 1.165) is 0 Å². The Balaban J connectivity index is 2.75. The van der Waals surface area contributed by atoms with E-state index in [2.05, 4.69) is 0 Å². The van der Waals surface area contributed by atoms with Crippen LogP contribution in [-0.2, 0) is 4.74 Å². The molecule has 4 heteroatoms. The van der Waals surface area contributed by atoms with E-state index in [1.165, 1.54) is 0 Å². The second-order valence-corrected chi connectivity index (χ2v) is 3.15. The summed E-state index contributed by atoms with van der Waals surface area (Å²) in [5.74, 6) is 0. The highest BCUT2D eigenvalue weighted by molar-refractivity contribution is 6.12. The summed E-state index contributed by atoms with van der Waals surface area (Å²) < 4.78 is 5.19. The van der Waals surface area contributed by atoms with Crippen LogP contribution < -0.4 is 0 Å². The van der Waals surface area contributed by atoms with Crippen LogP contribution in [0.15, 0.2) is 0 Å². The zero-order chi connectivity index (χ0) is 7.94. The highest BCUT2D eigenvalue weighted by Crippen LogP contribution is 2.28. The van der Waals surface area contributed by atoms with E-state index in [-0.39, 0.29) is 12.1 Å². The molecule has 0 unspecified atom stereocenters. The van der Waals surface area contributed by atoms with E-state index >= 15 is 0 Å². The van der Waals surface area contributed by atoms with Crippen molar-refractivity contribution in [3.05, 3.63) is 0 Å². The molecule has 4 atom stereocenters. The molecule has 1 aliphatic rings. The molecule has 0 spiro atoms. The molecule has 0 aromatic carbocycles. The van der Waals surface area contributed by atoms with Crippen LogP contribution in [-0.4, -0.2) is 41.9 Å². The maximum Gasteiger partial charge on any atom is 0.143 e. The van der Waals surface area contributed by atoms with Gasteiger partial charge in [0.15, 0.2) is 0 Å². The number of aliphatic hydroxyl groups is 2. The summed E-state index contributed by atoms with van der Waals surface area (Å²) in [5, 5.41) is 18.8. The molecule has 1 rings (SSSR count). The van der Waals surface area contributed by atoms with Gasteiger partial charge in [-0.2, -0.15) is 0 Å². The van der Waals surface area contributed by atoms with Gasteiger partial charge < -0.3 is 14.9 Å². The summed E-state index contributed by atoms with van der Waals surface area (Å²) >= 11 is 0. The van der Waals surface area contributed by atoms with Crippen molar-refractivity contribution in [3.8, 4) is 0 Å². The smallest absolute Gasteiger partial charge is 0.143 e. The standard InChI is InChI=1S/C6H13BO3/c1-3-4(8)6(2,9)5(7)10-3/h3-5,8-9H,7H2,1-2H3/t3-,4-,5-,6+/m1/s1. The van der Waals surface area contributed by atoms with Gasteiger partial charge in [0.1, 0.15) is 19.6 Å². The molecular weight excluding hydrogens is 131 g/mol. The molecule has 58 valence electrons. The summed E-state index contributed by atoms with van der Waals surface area (Å²) in [4.78, 5) is 0. The lowest BCUT2D eigenvalue weighted by Crippen LogP contribution is -2.45. The summed E-state index contributed by atoms with van der Waals surface area (Å²) in [7, 11) is 1.76. The quantitative estimate of drug-likeness (QED) is 0.406. The van der Waals surface area contributed by atoms with E-state index in [4.69, 9.17) is 4.74 Å². The largest absolute Gasteiger partial charge is 0.387 e. The van der Waals surface area contributed by atoms with E-state index in [1.807, 2.05) is 0 Å². The maximum atomic E-state index is 9.53. The van der Waals surface area contributed by atoms with E-state index in [0.29, 0.717) is 0 Å². The second-order valence-electron chi connectivity index (χ2n) is 3.15. The second kappa shape index (κ2) is 2.22. The van der Waals surface area contributed by atoms with Crippen LogP contribution >= 0.6 is 0 Å². The third-order valence-corrected chi connectivity index (χ3v) is 2.29. The van der Waals surface area contributed by atoms with Gasteiger partial charge in [0.25, 0.3) is 0 Å². The molecule has 10 heavy (non-hydrogen) atoms. The summed E-state index contributed by atoms with van der Waals surface area (Å²) in [6, 6.07) is -0.280. The lowest BCUT2D eigenvalue weighted by molar-refractivity contribution is -0.0414. The zero-order valence-corrected chi connectivity index (χ0v) is 6.53. The Morgan fingerprint density at radius 1 is 1.60 bits per heavy atom. The molecular formula is C6H13BO3. The molecule has 0 bridgehead atoms. The van der Waals surface area contributed by atoms with Crippen LogP contribution in [0.4, 0.5) is 0 Å². The fraction of sp³-hybridized carbons (Fsp3) is 1.00. The molecule has 0 aliphatic carbocycles. The van der Waals surface area contributed by atoms with Crippen molar-refractivity contribution in [3.63, 3.8) is 0 Å². The molecule has 2 N–H and O–H groups in total. The van der Waals surface area contributed by atoms with Gasteiger partial charge in [0.05, 0.1) is 12.1 Å². The molecule has 0 aromatic heterocycles. The molecule has 0 saturated carbocycles. The van der Waals surface area contributed by atoms with Gasteiger partial charge in [0.2, 0.25) is 0 Å². The molecule has 0 radical (unpaired) electrons. The van der Waals surface area contributed by atoms with Crippen LogP contribution in [0.3, 0.4) is 0 Å². The Kier molecular flexibility index (Phi) is 1.79. The predicted molar refractivity (Wildman–Crippen MR) is 39.5 cm³/mol. The molecule has 3 nitrogen and oxygen atoms in total. The number of rotatable bonds is 0. The normalized spacial score (nSPS) is 55.4. The highest BCUT2D eigenvalue weighted by Gasteiger charge is 2.47. The Labute approximate surface area is 61.4 Å². The minimum Gasteiger partial charge on any atom is -0.387 e. The van der Waals surface area contributed by atoms with Gasteiger partial charge in [-0.3, -0.25) is 0 Å². The number of aliphatic hydroxyl groups excluding tert-OH is 1. The van der Waals surface area contributed by atoms with Crippen LogP contribution in [0.1, 0.15) is 13.8 Å². The molecule has 0 amide bonds. The Morgan fingerprint density at radius 2 is 2.10 bits per heavy atom. The molecule has 1 aliphatic heterocycles. The third-order valence-electron chi connectivity index (χ3n) is 2.29. The first-order valence-electron chi connectivity index (χ1n) is 3.52. The molecule has 1 saturated heterocycles. The fourth-order valence-corrected chi connectivity index (χ4v) is 1.25. The summed E-state index contributed by atoms with van der Waals surface area (Å²) in [5.41, 5.74) is -1.08. The van der Waals surface area contributed by atoms with Crippen molar-refractivity contribution < 1.29 is 14.9 Å². The maximum absolute atomic E-state index is 9.53. The van der Waals surface area contributed by atoms with Crippen molar-refractivity contribution >= 4 is 7.85 Å². The van der Waals surface area contributed by atoms with Crippen LogP contribution in [0, 0.1) is 0 Å². The Hall–Kier alpha value is -0.0551. The molecule has 1 fully saturated rings. The predicted octanol–water partition coefficient (Wildman–Crippen LogP) is -1.52. The van der Waals surface area contributed by atoms with Gasteiger partial charge in [-0.05, 0) is 13.8 Å². The lowest BCUT2D eigenvalue weighted by Gasteiger charge is -2.23. The van der Waals surface area contributed by atoms with E-state index < -0.39 is 11.7 Å². The lowest BCUT2D eigenvalue weighted by atomic mass is 9.82. The van der Waals surface area contributed by atoms with E-state index in [9.17, 15) is 10.2 Å². The molecule has 1 heterocycles. The van der Waals surface area contributed by atoms with Gasteiger partial charge in [-0.15, -0.1) is 0 Å². The van der Waals surface area contributed by atoms with Gasteiger partial charge >= 0.3 is 0 Å². The first kappa shape index (κ1) is 8.05. The first-order valence-corrected chi connectivity index (χ1v) is 3.52. The zero-order valence-electron chi connectivity index (χ0n) is 6.53. The van der Waals surface area contributed by atoms with Gasteiger partial charge in [-0.25, -0.2) is 0 Å². The minimum atomic E-state index is -1.08. The van der Waals surface area contributed by atoms with Crippen LogP contribution in [0.5, 0.6) is 0 Å². The molecule has 0 aromatic rings. The van der Waals surface area contributed by atoms with Gasteiger partial charge in [0, 0.05) is 0 Å². The van der Waals surface area contributed by atoms with Gasteiger partial charge in [-0.1, -0.05) is 0 Å². The van der Waals surface area contributed by atoms with Crippen LogP contribution in [0.25, 0.3) is 0 Å². The van der Waals surface area contributed by atoms with Crippen molar-refractivity contribution in [2.45, 2.75) is 37.7 Å². The number of hydrogen-bond donors (Lipinski definition) is 2. The van der Waals surface area contributed by atoms with Crippen molar-refractivity contribution in [2.75, 3.05) is 0 Å². The van der Waals surface area contributed by atoms with Crippen molar-refractivity contribution in [1.29, 1.82) is 0 Å². The van der Waals surface area contributed by atoms with Crippen LogP contribution in [0.2, 0.25) is 0 Å². The monoisotopic (exact) mass is 144 g/mol. The summed E-state index contributed by atoms with van der Waals surface area (Å²) in [6.07, 6.45) is -1.02. The van der Waals surface area contributed by atoms with Crippen molar-refractivity contribution in [2.24, 2.45) is 0 Å². The third kappa shape index (κ3) is 0.963. The number of ether oxygens (including phenoxy) is 1. The fourth-order valence-electron chi connectivity index (χ4n) is 1.25. The number of hydrogen-bond acceptors (Lipinski definition) is 3. The average Bonchev–Trinajstić information content (AvgIpc) is 1.97. The Bertz CT molecular complexity index is 137. The van der Waals surface area contributed by atoms with E-state index in [1.54, 1.807) is 21.7 Å². The summed E-state index contributed by atoms with van der Waals surface area (Å²) in [6.45, 7) is 3.34. The van der Waals surface area contributed by atoms with Crippen molar-refractivity contribution in [1.82, 2.24) is 0 Å². The minimum absolute atomic E-state index is 0.259. The SMILES string of the molecule is B[C@@H]1O[C@H](C)[C@@H](O)[C@]1(C)O. The Morgan fingerprint density at radius 3 is 2.20 bits per heavy atom. The topological polar surface area (TPSA) is 49.7 Å². The average molecular weight is 144 g/mol. The highest BCUT2D eigenvalue weighted by atomic mass is 16.5. The first-order chi connectivity index (χ1) is 4.46.